The molecule has 2 aromatic heterocycles. The summed E-state index contributed by atoms with van der Waals surface area (Å²) in [6.45, 7) is 0.0917. The molecule has 2 heterocycles. The summed E-state index contributed by atoms with van der Waals surface area (Å²) in [6.07, 6.45) is 5.33. The van der Waals surface area contributed by atoms with Crippen molar-refractivity contribution in [2.75, 3.05) is 0 Å². The number of hydrogen-bond donors (Lipinski definition) is 0. The second kappa shape index (κ2) is 8.03. The molecule has 4 aromatic rings. The lowest BCUT2D eigenvalue weighted by atomic mass is 10.2. The van der Waals surface area contributed by atoms with Gasteiger partial charge in [-0.15, -0.1) is 11.3 Å². The zero-order valence-corrected chi connectivity index (χ0v) is 17.2. The predicted octanol–water partition coefficient (Wildman–Crippen LogP) is 5.08. The normalized spacial score (nSPS) is 13.4. The van der Waals surface area contributed by atoms with Crippen molar-refractivity contribution in [2.24, 2.45) is 0 Å². The third kappa shape index (κ3) is 4.11. The van der Waals surface area contributed by atoms with Gasteiger partial charge in [-0.25, -0.2) is 18.4 Å². The lowest BCUT2D eigenvalue weighted by molar-refractivity contribution is 0.0723. The molecule has 2 aromatic carbocycles. The van der Waals surface area contributed by atoms with Gasteiger partial charge in [0.25, 0.3) is 5.91 Å². The van der Waals surface area contributed by atoms with Gasteiger partial charge < -0.3 is 4.90 Å². The molecule has 1 aliphatic rings. The van der Waals surface area contributed by atoms with Gasteiger partial charge in [0.2, 0.25) is 0 Å². The van der Waals surface area contributed by atoms with E-state index < -0.39 is 11.6 Å². The Labute approximate surface area is 181 Å². The molecule has 0 N–H and O–H groups in total. The van der Waals surface area contributed by atoms with Crippen LogP contribution in [0.2, 0.25) is 0 Å². The molecule has 0 unspecified atom stereocenters. The minimum atomic E-state index is -0.647. The summed E-state index contributed by atoms with van der Waals surface area (Å²) in [5.41, 5.74) is 2.36. The van der Waals surface area contributed by atoms with E-state index in [1.807, 2.05) is 36.5 Å². The molecular formula is C23H18F2N4OS. The van der Waals surface area contributed by atoms with Crippen molar-refractivity contribution in [1.29, 1.82) is 0 Å². The smallest absolute Gasteiger partial charge is 0.273 e. The number of rotatable bonds is 6. The fourth-order valence-electron chi connectivity index (χ4n) is 3.39. The second-order valence-electron chi connectivity index (χ2n) is 7.45. The van der Waals surface area contributed by atoms with Gasteiger partial charge in [0.1, 0.15) is 22.3 Å². The number of halogens is 2. The molecule has 1 fully saturated rings. The minimum Gasteiger partial charge on any atom is -0.330 e. The molecule has 5 nitrogen and oxygen atoms in total. The Morgan fingerprint density at radius 1 is 1.16 bits per heavy atom. The van der Waals surface area contributed by atoms with Crippen LogP contribution in [0, 0.1) is 11.6 Å². The van der Waals surface area contributed by atoms with E-state index in [0.717, 1.165) is 30.2 Å². The second-order valence-corrected chi connectivity index (χ2v) is 8.31. The molecule has 1 saturated carbocycles. The van der Waals surface area contributed by atoms with Crippen LogP contribution in [-0.2, 0) is 6.54 Å². The van der Waals surface area contributed by atoms with Crippen LogP contribution in [0.4, 0.5) is 8.78 Å². The lowest BCUT2D eigenvalue weighted by Gasteiger charge is -2.22. The van der Waals surface area contributed by atoms with Gasteiger partial charge in [0.05, 0.1) is 11.9 Å². The van der Waals surface area contributed by atoms with Gasteiger partial charge in [-0.3, -0.25) is 4.79 Å². The zero-order valence-electron chi connectivity index (χ0n) is 16.4. The molecule has 0 spiro atoms. The number of carbonyl (C=O) groups excluding carboxylic acids is 1. The SMILES string of the molecule is O=C(c1csc(-c2cnn(-c3ccccc3)c2)n1)N(Cc1ccc(F)cc1F)C1CC1. The van der Waals surface area contributed by atoms with E-state index in [4.69, 9.17) is 0 Å². The lowest BCUT2D eigenvalue weighted by Crippen LogP contribution is -2.33. The maximum absolute atomic E-state index is 14.1. The summed E-state index contributed by atoms with van der Waals surface area (Å²) in [7, 11) is 0. The van der Waals surface area contributed by atoms with Gasteiger partial charge in [0, 0.05) is 41.4 Å². The van der Waals surface area contributed by atoms with Crippen molar-refractivity contribution < 1.29 is 13.6 Å². The molecule has 5 rings (SSSR count). The van der Waals surface area contributed by atoms with Crippen LogP contribution in [0.15, 0.2) is 66.3 Å². The first-order chi connectivity index (χ1) is 15.1. The molecule has 0 saturated heterocycles. The van der Waals surface area contributed by atoms with Crippen LogP contribution >= 0.6 is 11.3 Å². The average Bonchev–Trinajstić information content (AvgIpc) is 3.29. The Hall–Kier alpha value is -3.39. The van der Waals surface area contributed by atoms with Crippen molar-refractivity contribution in [2.45, 2.75) is 25.4 Å². The Morgan fingerprint density at radius 2 is 1.97 bits per heavy atom. The molecule has 0 aliphatic heterocycles. The summed E-state index contributed by atoms with van der Waals surface area (Å²) < 4.78 is 29.1. The first-order valence-electron chi connectivity index (χ1n) is 9.89. The van der Waals surface area contributed by atoms with E-state index in [9.17, 15) is 13.6 Å². The first-order valence-corrected chi connectivity index (χ1v) is 10.8. The third-order valence-corrected chi connectivity index (χ3v) is 6.07. The van der Waals surface area contributed by atoms with E-state index in [1.54, 1.807) is 21.2 Å². The molecular weight excluding hydrogens is 418 g/mol. The average molecular weight is 436 g/mol. The molecule has 31 heavy (non-hydrogen) atoms. The fourth-order valence-corrected chi connectivity index (χ4v) is 4.16. The van der Waals surface area contributed by atoms with Crippen LogP contribution in [-0.4, -0.2) is 31.6 Å². The van der Waals surface area contributed by atoms with Crippen molar-refractivity contribution in [1.82, 2.24) is 19.7 Å². The maximum atomic E-state index is 14.1. The number of carbonyl (C=O) groups is 1. The number of hydrogen-bond acceptors (Lipinski definition) is 4. The quantitative estimate of drug-likeness (QED) is 0.424. The number of aromatic nitrogens is 3. The summed E-state index contributed by atoms with van der Waals surface area (Å²) in [6, 6.07) is 13.2. The minimum absolute atomic E-state index is 0.0583. The van der Waals surface area contributed by atoms with E-state index in [2.05, 4.69) is 10.1 Å². The Kier molecular flexibility index (Phi) is 5.07. The van der Waals surface area contributed by atoms with Crippen molar-refractivity contribution in [3.05, 3.63) is 89.2 Å². The Balaban J connectivity index is 1.37. The highest BCUT2D eigenvalue weighted by molar-refractivity contribution is 7.13. The third-order valence-electron chi connectivity index (χ3n) is 5.18. The molecule has 0 atom stereocenters. The highest BCUT2D eigenvalue weighted by Crippen LogP contribution is 2.32. The summed E-state index contributed by atoms with van der Waals surface area (Å²) in [5.74, 6) is -1.53. The molecule has 1 amide bonds. The van der Waals surface area contributed by atoms with E-state index in [1.165, 1.54) is 23.5 Å². The molecule has 0 bridgehead atoms. The van der Waals surface area contributed by atoms with Crippen LogP contribution in [0.1, 0.15) is 28.9 Å². The molecule has 8 heteroatoms. The van der Waals surface area contributed by atoms with Crippen LogP contribution in [0.25, 0.3) is 16.3 Å². The van der Waals surface area contributed by atoms with E-state index in [-0.39, 0.29) is 18.5 Å². The topological polar surface area (TPSA) is 51.0 Å². The number of thiazole rings is 1. The Morgan fingerprint density at radius 3 is 2.71 bits per heavy atom. The monoisotopic (exact) mass is 436 g/mol. The van der Waals surface area contributed by atoms with Gasteiger partial charge in [-0.1, -0.05) is 24.3 Å². The molecule has 156 valence electrons. The van der Waals surface area contributed by atoms with E-state index in [0.29, 0.717) is 16.3 Å². The number of amides is 1. The van der Waals surface area contributed by atoms with Crippen LogP contribution in [0.5, 0.6) is 0 Å². The van der Waals surface area contributed by atoms with Crippen molar-refractivity contribution in [3.63, 3.8) is 0 Å². The standard InChI is InChI=1S/C23H18F2N4OS/c24-17-7-6-15(20(25)10-17)12-28(18-8-9-18)23(30)21-14-31-22(27-21)16-11-26-29(13-16)19-4-2-1-3-5-19/h1-7,10-11,13-14,18H,8-9,12H2. The predicted molar refractivity (Wildman–Crippen MR) is 114 cm³/mol. The van der Waals surface area contributed by atoms with Crippen molar-refractivity contribution in [3.8, 4) is 16.3 Å². The van der Waals surface area contributed by atoms with Gasteiger partial charge >= 0.3 is 0 Å². The Bertz CT molecular complexity index is 1230. The summed E-state index contributed by atoms with van der Waals surface area (Å²) >= 11 is 1.36. The maximum Gasteiger partial charge on any atom is 0.273 e. The number of benzene rings is 2. The van der Waals surface area contributed by atoms with Crippen LogP contribution in [0.3, 0.4) is 0 Å². The van der Waals surface area contributed by atoms with Gasteiger partial charge in [-0.2, -0.15) is 5.10 Å². The largest absolute Gasteiger partial charge is 0.330 e. The highest BCUT2D eigenvalue weighted by atomic mass is 32.1. The summed E-state index contributed by atoms with van der Waals surface area (Å²) in [5, 5.41) is 6.78. The van der Waals surface area contributed by atoms with Crippen LogP contribution < -0.4 is 0 Å². The first kappa shape index (κ1) is 19.6. The van der Waals surface area contributed by atoms with Gasteiger partial charge in [-0.05, 0) is 31.0 Å². The zero-order chi connectivity index (χ0) is 21.4. The fraction of sp³-hybridized carbons (Fsp3) is 0.174. The number of nitrogens with zero attached hydrogens (tertiary/aromatic N) is 4. The van der Waals surface area contributed by atoms with Crippen molar-refractivity contribution >= 4 is 17.2 Å². The molecule has 1 aliphatic carbocycles. The molecule has 0 radical (unpaired) electrons. The van der Waals surface area contributed by atoms with E-state index >= 15 is 0 Å². The number of para-hydroxylation sites is 1. The summed E-state index contributed by atoms with van der Waals surface area (Å²) in [4.78, 5) is 19.3. The van der Waals surface area contributed by atoms with Gasteiger partial charge in [0.15, 0.2) is 0 Å². The highest BCUT2D eigenvalue weighted by Gasteiger charge is 2.34.